The van der Waals surface area contributed by atoms with Crippen molar-refractivity contribution in [1.82, 2.24) is 0 Å². The Morgan fingerprint density at radius 1 is 0.926 bits per heavy atom. The van der Waals surface area contributed by atoms with Crippen molar-refractivity contribution in [2.45, 2.75) is 31.1 Å². The van der Waals surface area contributed by atoms with Crippen LogP contribution < -0.4 is 0 Å². The lowest BCUT2D eigenvalue weighted by Gasteiger charge is -2.52. The van der Waals surface area contributed by atoms with Gasteiger partial charge >= 0.3 is 11.9 Å². The fourth-order valence-electron chi connectivity index (χ4n) is 5.41. The summed E-state index contributed by atoms with van der Waals surface area (Å²) in [5, 5.41) is 0. The molecule has 1 fully saturated rings. The Morgan fingerprint density at radius 2 is 1.52 bits per heavy atom. The van der Waals surface area contributed by atoms with Gasteiger partial charge in [-0.25, -0.2) is 0 Å². The molecular formula is C23H24O4. The number of benzene rings is 2. The Hall–Kier alpha value is -2.62. The molecule has 4 nitrogen and oxygen atoms in total. The van der Waals surface area contributed by atoms with Crippen LogP contribution in [0.15, 0.2) is 54.6 Å². The zero-order chi connectivity index (χ0) is 19.0. The van der Waals surface area contributed by atoms with Gasteiger partial charge in [0.05, 0.1) is 14.2 Å². The number of hydrogen-bond donors (Lipinski definition) is 0. The highest BCUT2D eigenvalue weighted by Gasteiger charge is 2.63. The molecule has 0 radical (unpaired) electrons. The Kier molecular flexibility index (Phi) is 4.50. The predicted molar refractivity (Wildman–Crippen MR) is 101 cm³/mol. The highest BCUT2D eigenvalue weighted by Crippen LogP contribution is 2.62. The zero-order valence-electron chi connectivity index (χ0n) is 15.7. The fourth-order valence-corrected chi connectivity index (χ4v) is 5.41. The van der Waals surface area contributed by atoms with Gasteiger partial charge in [-0.15, -0.1) is 0 Å². The van der Waals surface area contributed by atoms with Crippen molar-refractivity contribution in [3.05, 3.63) is 71.3 Å². The molecule has 0 saturated heterocycles. The summed E-state index contributed by atoms with van der Waals surface area (Å²) in [6.45, 7) is 0. The Bertz CT molecular complexity index is 842. The maximum absolute atomic E-state index is 13.0. The van der Waals surface area contributed by atoms with Crippen molar-refractivity contribution in [1.29, 1.82) is 0 Å². The number of ether oxygens (including phenoxy) is 2. The van der Waals surface area contributed by atoms with E-state index in [2.05, 4.69) is 24.3 Å². The number of rotatable bonds is 4. The molecular weight excluding hydrogens is 340 g/mol. The second-order valence-corrected chi connectivity index (χ2v) is 7.65. The van der Waals surface area contributed by atoms with Crippen LogP contribution in [-0.4, -0.2) is 26.2 Å². The maximum Gasteiger partial charge on any atom is 0.323 e. The molecule has 0 aliphatic heterocycles. The molecule has 0 unspecified atom stereocenters. The first-order valence-electron chi connectivity index (χ1n) is 9.41. The van der Waals surface area contributed by atoms with E-state index < -0.39 is 17.4 Å². The van der Waals surface area contributed by atoms with Crippen molar-refractivity contribution in [3.63, 3.8) is 0 Å². The third-order valence-electron chi connectivity index (χ3n) is 6.37. The van der Waals surface area contributed by atoms with Crippen LogP contribution in [0.25, 0.3) is 0 Å². The maximum atomic E-state index is 13.0. The van der Waals surface area contributed by atoms with Gasteiger partial charge in [0, 0.05) is 5.92 Å². The average Bonchev–Trinajstić information content (AvgIpc) is 2.73. The predicted octanol–water partition coefficient (Wildman–Crippen LogP) is 3.85. The number of hydrogen-bond acceptors (Lipinski definition) is 4. The van der Waals surface area contributed by atoms with Crippen molar-refractivity contribution >= 4 is 11.9 Å². The molecule has 2 bridgehead atoms. The van der Waals surface area contributed by atoms with Gasteiger partial charge < -0.3 is 9.47 Å². The van der Waals surface area contributed by atoms with Crippen LogP contribution in [0.4, 0.5) is 0 Å². The van der Waals surface area contributed by atoms with E-state index in [0.29, 0.717) is 6.42 Å². The summed E-state index contributed by atoms with van der Waals surface area (Å²) < 4.78 is 10.3. The summed E-state index contributed by atoms with van der Waals surface area (Å²) in [5.41, 5.74) is 2.31. The number of carbonyl (C=O) groups excluding carboxylic acids is 2. The lowest BCUT2D eigenvalue weighted by Crippen LogP contribution is -2.55. The lowest BCUT2D eigenvalue weighted by molar-refractivity contribution is -0.177. The van der Waals surface area contributed by atoms with Gasteiger partial charge in [0.25, 0.3) is 0 Å². The normalized spacial score (nSPS) is 24.7. The van der Waals surface area contributed by atoms with E-state index in [1.807, 2.05) is 30.3 Å². The average molecular weight is 364 g/mol. The summed E-state index contributed by atoms with van der Waals surface area (Å²) in [5.74, 6) is -0.857. The van der Waals surface area contributed by atoms with E-state index >= 15 is 0 Å². The number of fused-ring (bicyclic) bond motifs is 2. The molecule has 2 aromatic carbocycles. The summed E-state index contributed by atoms with van der Waals surface area (Å²) in [6, 6.07) is 18.5. The first kappa shape index (κ1) is 17.8. The summed E-state index contributed by atoms with van der Waals surface area (Å²) >= 11 is 0. The fraction of sp³-hybridized carbons (Fsp3) is 0.391. The van der Waals surface area contributed by atoms with E-state index in [-0.39, 0.29) is 17.8 Å². The second-order valence-electron chi connectivity index (χ2n) is 7.65. The van der Waals surface area contributed by atoms with Crippen molar-refractivity contribution in [2.24, 2.45) is 11.3 Å². The lowest BCUT2D eigenvalue weighted by atomic mass is 9.49. The second kappa shape index (κ2) is 6.84. The Morgan fingerprint density at radius 3 is 2.15 bits per heavy atom. The molecule has 0 heterocycles. The van der Waals surface area contributed by atoms with Crippen molar-refractivity contribution in [3.8, 4) is 0 Å². The van der Waals surface area contributed by atoms with Crippen LogP contribution in [0.3, 0.4) is 0 Å². The monoisotopic (exact) mass is 364 g/mol. The molecule has 0 N–H and O–H groups in total. The van der Waals surface area contributed by atoms with E-state index in [0.717, 1.165) is 18.4 Å². The largest absolute Gasteiger partial charge is 0.468 e. The highest BCUT2D eigenvalue weighted by molar-refractivity contribution is 6.02. The Labute approximate surface area is 159 Å². The third kappa shape index (κ3) is 2.66. The van der Waals surface area contributed by atoms with Gasteiger partial charge in [-0.1, -0.05) is 54.6 Å². The number of esters is 2. The molecule has 3 aliphatic carbocycles. The molecule has 3 atom stereocenters. The van der Waals surface area contributed by atoms with Crippen LogP contribution in [0.1, 0.15) is 41.4 Å². The van der Waals surface area contributed by atoms with Gasteiger partial charge in [-0.05, 0) is 47.8 Å². The summed E-state index contributed by atoms with van der Waals surface area (Å²) in [4.78, 5) is 25.9. The van der Waals surface area contributed by atoms with E-state index in [1.165, 1.54) is 25.3 Å². The quantitative estimate of drug-likeness (QED) is 0.611. The number of methoxy groups -OCH3 is 2. The van der Waals surface area contributed by atoms with Crippen LogP contribution in [0.2, 0.25) is 0 Å². The minimum atomic E-state index is -1.26. The van der Waals surface area contributed by atoms with Crippen molar-refractivity contribution in [2.75, 3.05) is 14.2 Å². The third-order valence-corrected chi connectivity index (χ3v) is 6.37. The first-order valence-corrected chi connectivity index (χ1v) is 9.41. The van der Waals surface area contributed by atoms with E-state index in [9.17, 15) is 9.59 Å². The van der Waals surface area contributed by atoms with Gasteiger partial charge in [-0.2, -0.15) is 0 Å². The standard InChI is InChI=1S/C23H24O4/c1-26-21(24)23(22(25)27-2)14-17-13-16(12-15-8-4-3-5-9-15)20(23)19-11-7-6-10-18(17)19/h3-11,16-17,20H,12-14H2,1-2H3/t16-,17-,20-/m0/s1. The molecule has 0 amide bonds. The highest BCUT2D eigenvalue weighted by atomic mass is 16.5. The van der Waals surface area contributed by atoms with Crippen LogP contribution >= 0.6 is 0 Å². The van der Waals surface area contributed by atoms with Crippen LogP contribution in [0.5, 0.6) is 0 Å². The summed E-state index contributed by atoms with van der Waals surface area (Å²) in [7, 11) is 2.71. The molecule has 0 aromatic heterocycles. The van der Waals surface area contributed by atoms with Crippen LogP contribution in [-0.2, 0) is 25.5 Å². The van der Waals surface area contributed by atoms with Gasteiger partial charge in [0.2, 0.25) is 0 Å². The SMILES string of the molecule is COC(=O)C1(C(=O)OC)C[C@@H]2C[C@H](Cc3ccccc3)[C@H]1c1ccccc12. The smallest absolute Gasteiger partial charge is 0.323 e. The van der Waals surface area contributed by atoms with E-state index in [1.54, 1.807) is 0 Å². The Balaban J connectivity index is 1.85. The number of carbonyl (C=O) groups is 2. The molecule has 1 saturated carbocycles. The minimum Gasteiger partial charge on any atom is -0.468 e. The zero-order valence-corrected chi connectivity index (χ0v) is 15.7. The topological polar surface area (TPSA) is 52.6 Å². The van der Waals surface area contributed by atoms with E-state index in [4.69, 9.17) is 9.47 Å². The molecule has 2 aromatic rings. The molecule has 5 rings (SSSR count). The molecule has 3 aliphatic rings. The molecule has 4 heteroatoms. The molecule has 27 heavy (non-hydrogen) atoms. The van der Waals surface area contributed by atoms with Gasteiger partial charge in [0.1, 0.15) is 0 Å². The minimum absolute atomic E-state index is 0.151. The van der Waals surface area contributed by atoms with Crippen molar-refractivity contribution < 1.29 is 19.1 Å². The summed E-state index contributed by atoms with van der Waals surface area (Å²) in [6.07, 6.45) is 2.25. The van der Waals surface area contributed by atoms with Gasteiger partial charge in [-0.3, -0.25) is 9.59 Å². The van der Waals surface area contributed by atoms with Crippen LogP contribution in [0, 0.1) is 11.3 Å². The van der Waals surface area contributed by atoms with Gasteiger partial charge in [0.15, 0.2) is 5.41 Å². The molecule has 140 valence electrons. The first-order chi connectivity index (χ1) is 13.1. The molecule has 0 spiro atoms.